The Kier molecular flexibility index (Phi) is 4.81. The van der Waals surface area contributed by atoms with Crippen LogP contribution in [0, 0.1) is 17.8 Å². The van der Waals surface area contributed by atoms with Crippen molar-refractivity contribution in [2.45, 2.75) is 25.8 Å². The van der Waals surface area contributed by atoms with E-state index in [1.54, 1.807) is 0 Å². The number of rotatable bonds is 4. The average Bonchev–Trinajstić information content (AvgIpc) is 2.33. The molecule has 96 valence electrons. The summed E-state index contributed by atoms with van der Waals surface area (Å²) in [6.45, 7) is 2.14. The van der Waals surface area contributed by atoms with Crippen LogP contribution in [0.3, 0.4) is 0 Å². The summed E-state index contributed by atoms with van der Waals surface area (Å²) in [5, 5.41) is 8.63. The molecule has 0 radical (unpaired) electrons. The van der Waals surface area contributed by atoms with Crippen molar-refractivity contribution < 1.29 is 5.11 Å². The Morgan fingerprint density at radius 2 is 2.00 bits per heavy atom. The molecule has 2 nitrogen and oxygen atoms in total. The van der Waals surface area contributed by atoms with Gasteiger partial charge in [0, 0.05) is 18.7 Å². The fraction of sp³-hybridized carbons (Fsp3) is 0.500. The zero-order chi connectivity index (χ0) is 12.8. The van der Waals surface area contributed by atoms with Crippen LogP contribution in [0.4, 0.5) is 0 Å². The van der Waals surface area contributed by atoms with Gasteiger partial charge in [0.1, 0.15) is 6.61 Å². The molecule has 18 heavy (non-hydrogen) atoms. The first kappa shape index (κ1) is 13.1. The van der Waals surface area contributed by atoms with Crippen LogP contribution in [0.1, 0.15) is 30.4 Å². The third kappa shape index (κ3) is 3.87. The van der Waals surface area contributed by atoms with E-state index < -0.39 is 0 Å². The van der Waals surface area contributed by atoms with Crippen molar-refractivity contribution in [2.24, 2.45) is 5.92 Å². The molecule has 1 N–H and O–H groups in total. The average molecular weight is 243 g/mol. The molecule has 1 saturated carbocycles. The van der Waals surface area contributed by atoms with E-state index in [1.807, 2.05) is 12.1 Å². The zero-order valence-corrected chi connectivity index (χ0v) is 11.0. The second-order valence-corrected chi connectivity index (χ2v) is 5.15. The highest BCUT2D eigenvalue weighted by Gasteiger charge is 2.18. The zero-order valence-electron chi connectivity index (χ0n) is 11.0. The monoisotopic (exact) mass is 243 g/mol. The molecule has 1 fully saturated rings. The molecule has 1 aliphatic carbocycles. The van der Waals surface area contributed by atoms with Gasteiger partial charge in [-0.15, -0.1) is 0 Å². The third-order valence-corrected chi connectivity index (χ3v) is 3.51. The van der Waals surface area contributed by atoms with Gasteiger partial charge in [0.15, 0.2) is 0 Å². The minimum absolute atomic E-state index is 0.0775. The molecule has 0 saturated heterocycles. The molecule has 2 heteroatoms. The second-order valence-electron chi connectivity index (χ2n) is 5.15. The molecule has 0 unspecified atom stereocenters. The number of benzene rings is 1. The van der Waals surface area contributed by atoms with Crippen molar-refractivity contribution in [3.8, 4) is 11.8 Å². The molecular formula is C16H21NO. The highest BCUT2D eigenvalue weighted by Crippen LogP contribution is 2.27. The normalized spacial score (nSPS) is 15.1. The van der Waals surface area contributed by atoms with Gasteiger partial charge in [0.05, 0.1) is 0 Å². The van der Waals surface area contributed by atoms with Crippen LogP contribution in [0.5, 0.6) is 0 Å². The highest BCUT2D eigenvalue weighted by molar-refractivity contribution is 5.36. The van der Waals surface area contributed by atoms with E-state index in [-0.39, 0.29) is 6.61 Å². The molecule has 0 spiro atoms. The first-order valence-corrected chi connectivity index (χ1v) is 6.65. The van der Waals surface area contributed by atoms with E-state index in [2.05, 4.69) is 35.9 Å². The van der Waals surface area contributed by atoms with Gasteiger partial charge >= 0.3 is 0 Å². The summed E-state index contributed by atoms with van der Waals surface area (Å²) in [5.41, 5.74) is 2.29. The fourth-order valence-corrected chi connectivity index (χ4v) is 2.33. The summed E-state index contributed by atoms with van der Waals surface area (Å²) in [4.78, 5) is 2.40. The van der Waals surface area contributed by atoms with E-state index in [0.717, 1.165) is 18.0 Å². The standard InChI is InChI=1S/C16H21NO/c1-17(12-15-4-2-5-15)13-16-9-7-14(8-10-16)6-3-11-18/h7-10,15,18H,2,4-5,11-13H2,1H3. The van der Waals surface area contributed by atoms with Crippen LogP contribution in [0.15, 0.2) is 24.3 Å². The number of hydrogen-bond acceptors (Lipinski definition) is 2. The Bertz CT molecular complexity index is 423. The van der Waals surface area contributed by atoms with E-state index >= 15 is 0 Å². The smallest absolute Gasteiger partial charge is 0.104 e. The summed E-state index contributed by atoms with van der Waals surface area (Å²) in [6.07, 6.45) is 4.22. The Morgan fingerprint density at radius 1 is 1.28 bits per heavy atom. The predicted molar refractivity (Wildman–Crippen MR) is 74.1 cm³/mol. The van der Waals surface area contributed by atoms with Gasteiger partial charge in [-0.3, -0.25) is 0 Å². The maximum Gasteiger partial charge on any atom is 0.104 e. The number of nitrogens with zero attached hydrogens (tertiary/aromatic N) is 1. The van der Waals surface area contributed by atoms with Gasteiger partial charge in [-0.1, -0.05) is 30.4 Å². The summed E-state index contributed by atoms with van der Waals surface area (Å²) < 4.78 is 0. The Morgan fingerprint density at radius 3 is 2.56 bits per heavy atom. The van der Waals surface area contributed by atoms with Gasteiger partial charge in [-0.05, 0) is 43.5 Å². The van der Waals surface area contributed by atoms with Crippen LogP contribution in [0.25, 0.3) is 0 Å². The van der Waals surface area contributed by atoms with Crippen molar-refractivity contribution >= 4 is 0 Å². The van der Waals surface area contributed by atoms with E-state index in [1.165, 1.54) is 31.4 Å². The van der Waals surface area contributed by atoms with Crippen molar-refractivity contribution in [3.63, 3.8) is 0 Å². The van der Waals surface area contributed by atoms with E-state index in [0.29, 0.717) is 0 Å². The van der Waals surface area contributed by atoms with Crippen molar-refractivity contribution in [2.75, 3.05) is 20.2 Å². The molecule has 0 heterocycles. The SMILES string of the molecule is CN(Cc1ccc(C#CCO)cc1)CC1CCC1. The van der Waals surface area contributed by atoms with Gasteiger partial charge in [0.25, 0.3) is 0 Å². The molecule has 2 rings (SSSR count). The lowest BCUT2D eigenvalue weighted by atomic mass is 9.85. The first-order chi connectivity index (χ1) is 8.78. The highest BCUT2D eigenvalue weighted by atomic mass is 16.2. The lowest BCUT2D eigenvalue weighted by Crippen LogP contribution is -2.29. The lowest BCUT2D eigenvalue weighted by Gasteiger charge is -2.30. The number of hydrogen-bond donors (Lipinski definition) is 1. The van der Waals surface area contributed by atoms with Crippen molar-refractivity contribution in [1.82, 2.24) is 4.90 Å². The van der Waals surface area contributed by atoms with Gasteiger partial charge < -0.3 is 10.0 Å². The minimum atomic E-state index is -0.0775. The van der Waals surface area contributed by atoms with Crippen LogP contribution in [-0.2, 0) is 6.54 Å². The summed E-state index contributed by atoms with van der Waals surface area (Å²) in [6, 6.07) is 8.29. The molecule has 0 bridgehead atoms. The molecule has 0 aromatic heterocycles. The van der Waals surface area contributed by atoms with Crippen LogP contribution in [0.2, 0.25) is 0 Å². The number of aliphatic hydroxyl groups excluding tert-OH is 1. The third-order valence-electron chi connectivity index (χ3n) is 3.51. The Hall–Kier alpha value is -1.30. The van der Waals surface area contributed by atoms with Crippen molar-refractivity contribution in [1.29, 1.82) is 0 Å². The molecule has 0 amide bonds. The van der Waals surface area contributed by atoms with Crippen LogP contribution in [-0.4, -0.2) is 30.2 Å². The van der Waals surface area contributed by atoms with Crippen LogP contribution >= 0.6 is 0 Å². The molecule has 0 atom stereocenters. The minimum Gasteiger partial charge on any atom is -0.384 e. The predicted octanol–water partition coefficient (Wildman–Crippen LogP) is 2.26. The number of aliphatic hydroxyl groups is 1. The first-order valence-electron chi connectivity index (χ1n) is 6.65. The van der Waals surface area contributed by atoms with E-state index in [4.69, 9.17) is 5.11 Å². The maximum atomic E-state index is 8.63. The second kappa shape index (κ2) is 6.58. The Labute approximate surface area is 110 Å². The van der Waals surface area contributed by atoms with Crippen molar-refractivity contribution in [3.05, 3.63) is 35.4 Å². The molecular weight excluding hydrogens is 222 g/mol. The van der Waals surface area contributed by atoms with Gasteiger partial charge in [0.2, 0.25) is 0 Å². The topological polar surface area (TPSA) is 23.5 Å². The van der Waals surface area contributed by atoms with Gasteiger partial charge in [-0.25, -0.2) is 0 Å². The maximum absolute atomic E-state index is 8.63. The van der Waals surface area contributed by atoms with Crippen LogP contribution < -0.4 is 0 Å². The summed E-state index contributed by atoms with van der Waals surface area (Å²) in [5.74, 6) is 6.49. The molecule has 1 aromatic rings. The molecule has 0 aliphatic heterocycles. The van der Waals surface area contributed by atoms with E-state index in [9.17, 15) is 0 Å². The Balaban J connectivity index is 1.84. The quantitative estimate of drug-likeness (QED) is 0.820. The molecule has 1 aromatic carbocycles. The molecule has 1 aliphatic rings. The summed E-state index contributed by atoms with van der Waals surface area (Å²) >= 11 is 0. The largest absolute Gasteiger partial charge is 0.384 e. The van der Waals surface area contributed by atoms with Gasteiger partial charge in [-0.2, -0.15) is 0 Å². The summed E-state index contributed by atoms with van der Waals surface area (Å²) in [7, 11) is 2.19. The fourth-order valence-electron chi connectivity index (χ4n) is 2.33. The lowest BCUT2D eigenvalue weighted by molar-refractivity contribution is 0.200.